The largest absolute Gasteiger partial charge is 0.319 e. The lowest BCUT2D eigenvalue weighted by Crippen LogP contribution is -2.36. The van der Waals surface area contributed by atoms with Crippen molar-refractivity contribution in [1.29, 1.82) is 0 Å². The molecule has 0 spiro atoms. The summed E-state index contributed by atoms with van der Waals surface area (Å²) in [5.41, 5.74) is 10.4. The van der Waals surface area contributed by atoms with Crippen molar-refractivity contribution in [3.05, 3.63) is 48.1 Å². The van der Waals surface area contributed by atoms with Crippen LogP contribution in [-0.4, -0.2) is 11.3 Å². The molecule has 0 amide bonds. The third kappa shape index (κ3) is 1.27. The summed E-state index contributed by atoms with van der Waals surface area (Å²) in [7, 11) is 0. The Labute approximate surface area is 95.2 Å². The highest BCUT2D eigenvalue weighted by molar-refractivity contribution is 6.34. The van der Waals surface area contributed by atoms with Crippen molar-refractivity contribution in [3.8, 4) is 0 Å². The summed E-state index contributed by atoms with van der Waals surface area (Å²) in [5, 5.41) is 0. The molecule has 0 saturated heterocycles. The average Bonchev–Trinajstić information content (AvgIpc) is 2.67. The standard InChI is InChI=1S/C14H14N2/c1-2-14(15)8-7-13-11(9-14)10-5-3-4-6-12(10)16-13/h3-9H,2,15H2,1H3. The molecule has 3 rings (SSSR count). The van der Waals surface area contributed by atoms with E-state index in [0.29, 0.717) is 0 Å². The number of para-hydroxylation sites is 1. The fourth-order valence-electron chi connectivity index (χ4n) is 2.18. The van der Waals surface area contributed by atoms with Crippen LogP contribution in [0.5, 0.6) is 0 Å². The van der Waals surface area contributed by atoms with Gasteiger partial charge in [0.25, 0.3) is 0 Å². The van der Waals surface area contributed by atoms with E-state index in [1.807, 2.05) is 30.4 Å². The van der Waals surface area contributed by atoms with Crippen LogP contribution in [0, 0.1) is 0 Å². The number of nitrogens with zero attached hydrogens (tertiary/aromatic N) is 1. The lowest BCUT2D eigenvalue weighted by atomic mass is 9.86. The minimum atomic E-state index is -0.314. The second-order valence-corrected chi connectivity index (χ2v) is 4.37. The van der Waals surface area contributed by atoms with Crippen LogP contribution >= 0.6 is 0 Å². The number of nitrogens with two attached hydrogens (primary N) is 1. The highest BCUT2D eigenvalue weighted by Crippen LogP contribution is 2.38. The van der Waals surface area contributed by atoms with Crippen LogP contribution in [0.4, 0.5) is 5.69 Å². The Bertz CT molecular complexity index is 537. The van der Waals surface area contributed by atoms with E-state index in [4.69, 9.17) is 5.73 Å². The molecule has 2 aliphatic rings. The second-order valence-electron chi connectivity index (χ2n) is 4.37. The molecule has 2 heteroatoms. The number of hydrogen-bond donors (Lipinski definition) is 1. The molecular formula is C14H14N2. The van der Waals surface area contributed by atoms with Gasteiger partial charge in [0, 0.05) is 11.1 Å². The van der Waals surface area contributed by atoms with Gasteiger partial charge in [0.05, 0.1) is 16.9 Å². The third-order valence-corrected chi connectivity index (χ3v) is 3.29. The summed E-state index contributed by atoms with van der Waals surface area (Å²) in [6.07, 6.45) is 7.13. The molecule has 2 nitrogen and oxygen atoms in total. The summed E-state index contributed by atoms with van der Waals surface area (Å²) in [6.45, 7) is 2.10. The molecule has 0 aromatic heterocycles. The van der Waals surface area contributed by atoms with E-state index in [2.05, 4.69) is 24.1 Å². The lowest BCUT2D eigenvalue weighted by Gasteiger charge is -2.24. The van der Waals surface area contributed by atoms with E-state index < -0.39 is 0 Å². The van der Waals surface area contributed by atoms with E-state index in [9.17, 15) is 0 Å². The smallest absolute Gasteiger partial charge is 0.0716 e. The maximum atomic E-state index is 6.25. The first-order valence-corrected chi connectivity index (χ1v) is 5.61. The number of fused-ring (bicyclic) bond motifs is 3. The monoisotopic (exact) mass is 210 g/mol. The number of allylic oxidation sites excluding steroid dienone is 2. The van der Waals surface area contributed by atoms with E-state index in [0.717, 1.165) is 17.8 Å². The first-order chi connectivity index (χ1) is 7.72. The molecule has 1 atom stereocenters. The van der Waals surface area contributed by atoms with Crippen molar-refractivity contribution in [2.75, 3.05) is 0 Å². The fraction of sp³-hybridized carbons (Fsp3) is 0.214. The van der Waals surface area contributed by atoms with E-state index in [1.165, 1.54) is 11.1 Å². The second kappa shape index (κ2) is 3.16. The SMILES string of the molecule is CCC1(N)C=CC2=Nc3ccccc3C2=C1. The zero-order chi connectivity index (χ0) is 11.2. The molecule has 80 valence electrons. The van der Waals surface area contributed by atoms with Crippen LogP contribution in [0.2, 0.25) is 0 Å². The van der Waals surface area contributed by atoms with Crippen LogP contribution < -0.4 is 5.73 Å². The van der Waals surface area contributed by atoms with Gasteiger partial charge in [-0.3, -0.25) is 0 Å². The van der Waals surface area contributed by atoms with Crippen molar-refractivity contribution in [1.82, 2.24) is 0 Å². The van der Waals surface area contributed by atoms with E-state index >= 15 is 0 Å². The zero-order valence-corrected chi connectivity index (χ0v) is 9.27. The number of aliphatic imine (C=N–C) groups is 1. The molecule has 0 radical (unpaired) electrons. The minimum absolute atomic E-state index is 0.314. The highest BCUT2D eigenvalue weighted by Gasteiger charge is 2.27. The van der Waals surface area contributed by atoms with Gasteiger partial charge < -0.3 is 5.73 Å². The first-order valence-electron chi connectivity index (χ1n) is 5.61. The van der Waals surface area contributed by atoms with Gasteiger partial charge in [-0.05, 0) is 18.6 Å². The first kappa shape index (κ1) is 9.55. The fourth-order valence-corrected chi connectivity index (χ4v) is 2.18. The predicted octanol–water partition coefficient (Wildman–Crippen LogP) is 2.83. The Hall–Kier alpha value is -1.67. The Morgan fingerprint density at radius 2 is 2.12 bits per heavy atom. The molecule has 16 heavy (non-hydrogen) atoms. The number of benzene rings is 1. The van der Waals surface area contributed by atoms with Crippen molar-refractivity contribution in [2.24, 2.45) is 10.7 Å². The molecular weight excluding hydrogens is 196 g/mol. The Morgan fingerprint density at radius 1 is 1.31 bits per heavy atom. The highest BCUT2D eigenvalue weighted by atomic mass is 14.8. The Morgan fingerprint density at radius 3 is 2.94 bits per heavy atom. The van der Waals surface area contributed by atoms with Crippen molar-refractivity contribution in [2.45, 2.75) is 18.9 Å². The van der Waals surface area contributed by atoms with Crippen LogP contribution in [0.3, 0.4) is 0 Å². The summed E-state index contributed by atoms with van der Waals surface area (Å²) < 4.78 is 0. The maximum absolute atomic E-state index is 6.25. The van der Waals surface area contributed by atoms with Crippen molar-refractivity contribution >= 4 is 17.0 Å². The van der Waals surface area contributed by atoms with Gasteiger partial charge in [0.2, 0.25) is 0 Å². The van der Waals surface area contributed by atoms with Gasteiger partial charge in [0.1, 0.15) is 0 Å². The molecule has 1 aromatic rings. The van der Waals surface area contributed by atoms with Crippen LogP contribution in [0.1, 0.15) is 18.9 Å². The number of rotatable bonds is 1. The van der Waals surface area contributed by atoms with Gasteiger partial charge in [-0.1, -0.05) is 37.3 Å². The van der Waals surface area contributed by atoms with Crippen molar-refractivity contribution in [3.63, 3.8) is 0 Å². The third-order valence-electron chi connectivity index (χ3n) is 3.29. The van der Waals surface area contributed by atoms with Gasteiger partial charge in [-0.2, -0.15) is 0 Å². The molecule has 0 bridgehead atoms. The van der Waals surface area contributed by atoms with E-state index in [-0.39, 0.29) is 5.54 Å². The Balaban J connectivity index is 2.17. The average molecular weight is 210 g/mol. The van der Waals surface area contributed by atoms with Gasteiger partial charge in [0.15, 0.2) is 0 Å². The van der Waals surface area contributed by atoms with E-state index in [1.54, 1.807) is 0 Å². The molecule has 1 unspecified atom stereocenters. The molecule has 2 N–H and O–H groups in total. The van der Waals surface area contributed by atoms with Crippen LogP contribution in [0.15, 0.2) is 47.5 Å². The molecule has 1 aliphatic carbocycles. The van der Waals surface area contributed by atoms with Crippen LogP contribution in [-0.2, 0) is 0 Å². The number of hydrogen-bond acceptors (Lipinski definition) is 2. The summed E-state index contributed by atoms with van der Waals surface area (Å²) in [6, 6.07) is 8.20. The zero-order valence-electron chi connectivity index (χ0n) is 9.27. The van der Waals surface area contributed by atoms with Gasteiger partial charge >= 0.3 is 0 Å². The predicted molar refractivity (Wildman–Crippen MR) is 67.9 cm³/mol. The Kier molecular flexibility index (Phi) is 1.88. The molecule has 1 heterocycles. The quantitative estimate of drug-likeness (QED) is 0.760. The normalized spacial score (nSPS) is 25.9. The summed E-state index contributed by atoms with van der Waals surface area (Å²) in [4.78, 5) is 4.58. The summed E-state index contributed by atoms with van der Waals surface area (Å²) >= 11 is 0. The van der Waals surface area contributed by atoms with Crippen molar-refractivity contribution < 1.29 is 0 Å². The summed E-state index contributed by atoms with van der Waals surface area (Å²) in [5.74, 6) is 0. The maximum Gasteiger partial charge on any atom is 0.0716 e. The van der Waals surface area contributed by atoms with Gasteiger partial charge in [-0.15, -0.1) is 0 Å². The molecule has 1 aliphatic heterocycles. The van der Waals surface area contributed by atoms with Gasteiger partial charge in [-0.25, -0.2) is 4.99 Å². The topological polar surface area (TPSA) is 38.4 Å². The minimum Gasteiger partial charge on any atom is -0.319 e. The van der Waals surface area contributed by atoms with Crippen LogP contribution in [0.25, 0.3) is 5.57 Å². The molecule has 1 aromatic carbocycles. The molecule has 0 fully saturated rings. The molecule has 0 saturated carbocycles. The lowest BCUT2D eigenvalue weighted by molar-refractivity contribution is 0.630.